The van der Waals surface area contributed by atoms with Crippen molar-refractivity contribution in [2.45, 2.75) is 6.92 Å². The Bertz CT molecular complexity index is 830. The van der Waals surface area contributed by atoms with E-state index in [2.05, 4.69) is 4.98 Å². The fraction of sp³-hybridized carbons (Fsp3) is 0.0526. The van der Waals surface area contributed by atoms with Crippen molar-refractivity contribution in [2.24, 2.45) is 0 Å². The van der Waals surface area contributed by atoms with Gasteiger partial charge in [0.15, 0.2) is 0 Å². The molecule has 0 fully saturated rings. The van der Waals surface area contributed by atoms with Crippen LogP contribution in [0.4, 0.5) is 0 Å². The summed E-state index contributed by atoms with van der Waals surface area (Å²) in [5.41, 5.74) is 2.98. The molecule has 2 aromatic carbocycles. The number of carbonyl (C=O) groups excluding carboxylic acids is 1. The minimum Gasteiger partial charge on any atom is -0.422 e. The molecule has 0 amide bonds. The Morgan fingerprint density at radius 1 is 1.04 bits per heavy atom. The van der Waals surface area contributed by atoms with Crippen LogP contribution in [0.3, 0.4) is 0 Å². The molecule has 0 aliphatic carbocycles. The zero-order valence-corrected chi connectivity index (χ0v) is 13.2. The van der Waals surface area contributed by atoms with Gasteiger partial charge in [-0.1, -0.05) is 23.7 Å². The van der Waals surface area contributed by atoms with Crippen molar-refractivity contribution in [3.05, 3.63) is 83.0 Å². The topological polar surface area (TPSA) is 39.2 Å². The van der Waals surface area contributed by atoms with Gasteiger partial charge in [0.2, 0.25) is 0 Å². The molecular weight excluding hydrogens is 310 g/mol. The lowest BCUT2D eigenvalue weighted by atomic mass is 10.1. The summed E-state index contributed by atoms with van der Waals surface area (Å²) >= 11 is 5.84. The highest BCUT2D eigenvalue weighted by atomic mass is 35.5. The van der Waals surface area contributed by atoms with E-state index in [0.29, 0.717) is 16.3 Å². The Hall–Kier alpha value is -2.65. The molecule has 0 atom stereocenters. The number of benzene rings is 2. The summed E-state index contributed by atoms with van der Waals surface area (Å²) < 4.78 is 5.58. The highest BCUT2D eigenvalue weighted by Gasteiger charge is 2.13. The van der Waals surface area contributed by atoms with E-state index in [1.807, 2.05) is 43.3 Å². The van der Waals surface area contributed by atoms with E-state index in [1.54, 1.807) is 30.5 Å². The van der Waals surface area contributed by atoms with Crippen molar-refractivity contribution >= 4 is 17.6 Å². The lowest BCUT2D eigenvalue weighted by Crippen LogP contribution is -2.09. The molecule has 3 rings (SSSR count). The molecule has 0 saturated carbocycles. The number of aryl methyl sites for hydroxylation is 1. The Morgan fingerprint density at radius 2 is 1.83 bits per heavy atom. The van der Waals surface area contributed by atoms with Crippen LogP contribution in [0, 0.1) is 6.92 Å². The van der Waals surface area contributed by atoms with Crippen LogP contribution in [-0.4, -0.2) is 11.0 Å². The van der Waals surface area contributed by atoms with Gasteiger partial charge in [-0.15, -0.1) is 0 Å². The summed E-state index contributed by atoms with van der Waals surface area (Å²) in [7, 11) is 0. The summed E-state index contributed by atoms with van der Waals surface area (Å²) in [6, 6.07) is 17.9. The first kappa shape index (κ1) is 15.3. The van der Waals surface area contributed by atoms with Crippen LogP contribution in [0.15, 0.2) is 66.9 Å². The lowest BCUT2D eigenvalue weighted by Gasteiger charge is -2.11. The maximum atomic E-state index is 12.3. The first-order valence-electron chi connectivity index (χ1n) is 7.13. The number of rotatable bonds is 3. The van der Waals surface area contributed by atoms with Crippen LogP contribution in [0.25, 0.3) is 11.3 Å². The van der Waals surface area contributed by atoms with E-state index in [0.717, 1.165) is 16.8 Å². The van der Waals surface area contributed by atoms with Crippen molar-refractivity contribution < 1.29 is 9.53 Å². The predicted molar refractivity (Wildman–Crippen MR) is 90.8 cm³/mol. The highest BCUT2D eigenvalue weighted by Crippen LogP contribution is 2.30. The Labute approximate surface area is 139 Å². The second kappa shape index (κ2) is 6.63. The average molecular weight is 324 g/mol. The maximum Gasteiger partial charge on any atom is 0.343 e. The Morgan fingerprint density at radius 3 is 2.52 bits per heavy atom. The first-order chi connectivity index (χ1) is 11.1. The molecule has 3 aromatic rings. The lowest BCUT2D eigenvalue weighted by molar-refractivity contribution is 0.0735. The largest absolute Gasteiger partial charge is 0.422 e. The molecule has 0 aliphatic heterocycles. The van der Waals surface area contributed by atoms with E-state index in [1.165, 1.54) is 0 Å². The average Bonchev–Trinajstić information content (AvgIpc) is 2.56. The minimum absolute atomic E-state index is 0.426. The molecule has 0 N–H and O–H groups in total. The van der Waals surface area contributed by atoms with E-state index in [9.17, 15) is 4.79 Å². The van der Waals surface area contributed by atoms with Gasteiger partial charge in [-0.25, -0.2) is 4.79 Å². The van der Waals surface area contributed by atoms with Crippen molar-refractivity contribution in [1.29, 1.82) is 0 Å². The molecule has 0 bridgehead atoms. The third kappa shape index (κ3) is 3.58. The number of hydrogen-bond donors (Lipinski definition) is 0. The standard InChI is InChI=1S/C19H14ClNO2/c1-13-5-10-16(17-4-2-3-11-21-17)18(12-13)23-19(22)14-6-8-15(20)9-7-14/h2-12H,1H3. The number of carbonyl (C=O) groups is 1. The number of ether oxygens (including phenoxy) is 1. The quantitative estimate of drug-likeness (QED) is 0.507. The van der Waals surface area contributed by atoms with Gasteiger partial charge in [0, 0.05) is 16.8 Å². The van der Waals surface area contributed by atoms with Gasteiger partial charge in [-0.05, 0) is 61.0 Å². The summed E-state index contributed by atoms with van der Waals surface area (Å²) in [4.78, 5) is 16.7. The van der Waals surface area contributed by atoms with Crippen LogP contribution in [0.1, 0.15) is 15.9 Å². The van der Waals surface area contributed by atoms with Crippen LogP contribution < -0.4 is 4.74 Å². The predicted octanol–water partition coefficient (Wildman–Crippen LogP) is 4.93. The fourth-order valence-corrected chi connectivity index (χ4v) is 2.32. The molecule has 0 unspecified atom stereocenters. The van der Waals surface area contributed by atoms with E-state index >= 15 is 0 Å². The van der Waals surface area contributed by atoms with Gasteiger partial charge in [0.1, 0.15) is 5.75 Å². The highest BCUT2D eigenvalue weighted by molar-refractivity contribution is 6.30. The summed E-state index contributed by atoms with van der Waals surface area (Å²) in [6.07, 6.45) is 1.71. The summed E-state index contributed by atoms with van der Waals surface area (Å²) in [5.74, 6) is 0.0631. The number of aromatic nitrogens is 1. The molecule has 3 nitrogen and oxygen atoms in total. The molecule has 1 aromatic heterocycles. The zero-order valence-electron chi connectivity index (χ0n) is 12.5. The van der Waals surface area contributed by atoms with Crippen molar-refractivity contribution in [2.75, 3.05) is 0 Å². The van der Waals surface area contributed by atoms with Crippen LogP contribution >= 0.6 is 11.6 Å². The van der Waals surface area contributed by atoms with Crippen molar-refractivity contribution in [1.82, 2.24) is 4.98 Å². The second-order valence-corrected chi connectivity index (χ2v) is 5.55. The van der Waals surface area contributed by atoms with Crippen molar-refractivity contribution in [3.63, 3.8) is 0 Å². The fourth-order valence-electron chi connectivity index (χ4n) is 2.19. The smallest absolute Gasteiger partial charge is 0.343 e. The second-order valence-electron chi connectivity index (χ2n) is 5.11. The number of pyridine rings is 1. The molecule has 0 radical (unpaired) electrons. The van der Waals surface area contributed by atoms with Gasteiger partial charge in [-0.2, -0.15) is 0 Å². The first-order valence-corrected chi connectivity index (χ1v) is 7.51. The molecular formula is C19H14ClNO2. The monoisotopic (exact) mass is 323 g/mol. The van der Waals surface area contributed by atoms with Crippen LogP contribution in [0.2, 0.25) is 5.02 Å². The van der Waals surface area contributed by atoms with Gasteiger partial charge >= 0.3 is 5.97 Å². The number of hydrogen-bond acceptors (Lipinski definition) is 3. The minimum atomic E-state index is -0.426. The van der Waals surface area contributed by atoms with E-state index in [4.69, 9.17) is 16.3 Å². The Balaban J connectivity index is 1.94. The molecule has 0 saturated heterocycles. The maximum absolute atomic E-state index is 12.3. The SMILES string of the molecule is Cc1ccc(-c2ccccn2)c(OC(=O)c2ccc(Cl)cc2)c1. The third-order valence-electron chi connectivity index (χ3n) is 3.36. The molecule has 1 heterocycles. The normalized spacial score (nSPS) is 10.3. The number of esters is 1. The van der Waals surface area contributed by atoms with Crippen LogP contribution in [-0.2, 0) is 0 Å². The number of nitrogens with zero attached hydrogens (tertiary/aromatic N) is 1. The van der Waals surface area contributed by atoms with Gasteiger partial charge in [0.05, 0.1) is 11.3 Å². The van der Waals surface area contributed by atoms with E-state index in [-0.39, 0.29) is 0 Å². The molecule has 114 valence electrons. The molecule has 0 spiro atoms. The molecule has 0 aliphatic rings. The van der Waals surface area contributed by atoms with Crippen molar-refractivity contribution in [3.8, 4) is 17.0 Å². The number of halogens is 1. The zero-order chi connectivity index (χ0) is 16.2. The Kier molecular flexibility index (Phi) is 4.40. The third-order valence-corrected chi connectivity index (χ3v) is 3.61. The molecule has 4 heteroatoms. The summed E-state index contributed by atoms with van der Waals surface area (Å²) in [5, 5.41) is 0.575. The molecule has 23 heavy (non-hydrogen) atoms. The van der Waals surface area contributed by atoms with Gasteiger partial charge in [-0.3, -0.25) is 4.98 Å². The van der Waals surface area contributed by atoms with E-state index < -0.39 is 5.97 Å². The summed E-state index contributed by atoms with van der Waals surface area (Å²) in [6.45, 7) is 1.95. The van der Waals surface area contributed by atoms with Gasteiger partial charge < -0.3 is 4.74 Å². The van der Waals surface area contributed by atoms with Crippen LogP contribution in [0.5, 0.6) is 5.75 Å². The van der Waals surface area contributed by atoms with Gasteiger partial charge in [0.25, 0.3) is 0 Å².